The molecule has 0 atom stereocenters. The van der Waals surface area contributed by atoms with Crippen LogP contribution in [0.1, 0.15) is 13.8 Å². The molecule has 0 spiro atoms. The number of aliphatic imine (C=N–C) groups is 1. The Morgan fingerprint density at radius 3 is 2.53 bits per heavy atom. The number of hydrogen-bond donors (Lipinski definition) is 3. The van der Waals surface area contributed by atoms with Gasteiger partial charge in [0.1, 0.15) is 17.3 Å². The van der Waals surface area contributed by atoms with Gasteiger partial charge < -0.3 is 10.5 Å². The lowest BCUT2D eigenvalue weighted by atomic mass is 10.1. The van der Waals surface area contributed by atoms with E-state index in [0.29, 0.717) is 5.84 Å². The van der Waals surface area contributed by atoms with Crippen LogP contribution in [0.25, 0.3) is 0 Å². The number of fused-ring (bicyclic) bond motifs is 1. The summed E-state index contributed by atoms with van der Waals surface area (Å²) >= 11 is 0. The number of rotatable bonds is 0. The molecule has 0 saturated heterocycles. The molecule has 0 radical (unpaired) electrons. The molecule has 0 aromatic heterocycles. The molecule has 1 aromatic rings. The minimum Gasteiger partial charge on any atom is -0.478 e. The van der Waals surface area contributed by atoms with Gasteiger partial charge >= 0.3 is 0 Å². The third-order valence-corrected chi connectivity index (χ3v) is 2.09. The van der Waals surface area contributed by atoms with Gasteiger partial charge in [0.25, 0.3) is 0 Å². The Morgan fingerprint density at radius 2 is 1.87 bits per heavy atom. The van der Waals surface area contributed by atoms with Crippen LogP contribution in [0, 0.1) is 11.1 Å². The maximum absolute atomic E-state index is 5.75. The molecule has 0 saturated carbocycles. The second-order valence-electron chi connectivity index (χ2n) is 3.58. The molecule has 0 fully saturated rings. The lowest BCUT2D eigenvalue weighted by Gasteiger charge is -2.30. The quantitative estimate of drug-likeness (QED) is 0.568. The van der Waals surface area contributed by atoms with Gasteiger partial charge in [0, 0.05) is 0 Å². The summed E-state index contributed by atoms with van der Waals surface area (Å²) in [5, 5.41) is 0. The molecule has 5 heteroatoms. The van der Waals surface area contributed by atoms with Crippen molar-refractivity contribution in [2.24, 2.45) is 10.7 Å². The van der Waals surface area contributed by atoms with Crippen LogP contribution < -0.4 is 10.5 Å². The zero-order valence-corrected chi connectivity index (χ0v) is 8.74. The van der Waals surface area contributed by atoms with Gasteiger partial charge in [-0.3, -0.25) is 0 Å². The monoisotopic (exact) mass is 206 g/mol. The smallest absolute Gasteiger partial charge is 0.160 e. The zero-order valence-electron chi connectivity index (χ0n) is 8.74. The Bertz CT molecular complexity index is 387. The average molecular weight is 206 g/mol. The fourth-order valence-corrected chi connectivity index (χ4v) is 1.23. The Labute approximate surface area is 88.3 Å². The first-order chi connectivity index (χ1) is 7.09. The summed E-state index contributed by atoms with van der Waals surface area (Å²) in [6.07, 6.45) is 0. The van der Waals surface area contributed by atoms with Gasteiger partial charge in [0.05, 0.1) is 0 Å². The average Bonchev–Trinajstić information content (AvgIpc) is 2.22. The van der Waals surface area contributed by atoms with Crippen LogP contribution in [-0.4, -0.2) is 11.4 Å². The third kappa shape index (κ3) is 2.12. The van der Waals surface area contributed by atoms with Gasteiger partial charge in [-0.05, 0) is 26.0 Å². The Kier molecular flexibility index (Phi) is 3.04. The standard InChI is InChI=1S/C10H12N2O.H2N2/c1-10(2)9(11)12-7-5-3-4-6-8(7)13-10;1-2/h3-6H,1-2H3,(H2,11,12);1-2H. The van der Waals surface area contributed by atoms with Crippen molar-refractivity contribution in [1.82, 2.24) is 0 Å². The lowest BCUT2D eigenvalue weighted by Crippen LogP contribution is -2.45. The molecule has 1 aliphatic heterocycles. The SMILES string of the molecule is CC1(C)Oc2ccccc2N=C1N.N=N. The number of benzene rings is 1. The number of para-hydroxylation sites is 2. The van der Waals surface area contributed by atoms with Crippen LogP contribution in [0.5, 0.6) is 5.75 Å². The van der Waals surface area contributed by atoms with E-state index >= 15 is 0 Å². The van der Waals surface area contributed by atoms with Crippen molar-refractivity contribution in [3.05, 3.63) is 24.3 Å². The molecule has 15 heavy (non-hydrogen) atoms. The molecular formula is C10H14N4O. The molecule has 0 aliphatic carbocycles. The number of nitrogens with one attached hydrogen (secondary N) is 2. The molecule has 0 unspecified atom stereocenters. The first kappa shape index (κ1) is 11.2. The summed E-state index contributed by atoms with van der Waals surface area (Å²) in [6, 6.07) is 7.62. The van der Waals surface area contributed by atoms with Crippen molar-refractivity contribution in [2.45, 2.75) is 19.4 Å². The lowest BCUT2D eigenvalue weighted by molar-refractivity contribution is 0.177. The van der Waals surface area contributed by atoms with Gasteiger partial charge in [0.2, 0.25) is 0 Å². The third-order valence-electron chi connectivity index (χ3n) is 2.09. The van der Waals surface area contributed by atoms with Gasteiger partial charge in [0.15, 0.2) is 5.60 Å². The van der Waals surface area contributed by atoms with Crippen LogP contribution in [0.4, 0.5) is 5.69 Å². The van der Waals surface area contributed by atoms with E-state index in [-0.39, 0.29) is 0 Å². The highest BCUT2D eigenvalue weighted by atomic mass is 16.5. The molecular weight excluding hydrogens is 192 g/mol. The summed E-state index contributed by atoms with van der Waals surface area (Å²) in [6.45, 7) is 3.81. The molecule has 1 aliphatic rings. The van der Waals surface area contributed by atoms with Gasteiger partial charge in [-0.1, -0.05) is 12.1 Å². The van der Waals surface area contributed by atoms with E-state index < -0.39 is 5.60 Å². The molecule has 0 bridgehead atoms. The number of amidine groups is 1. The number of ether oxygens (including phenoxy) is 1. The van der Waals surface area contributed by atoms with E-state index in [2.05, 4.69) is 4.99 Å². The highest BCUT2D eigenvalue weighted by Crippen LogP contribution is 2.34. The molecule has 0 amide bonds. The van der Waals surface area contributed by atoms with E-state index in [1.807, 2.05) is 38.1 Å². The predicted octanol–water partition coefficient (Wildman–Crippen LogP) is 2.44. The second-order valence-corrected chi connectivity index (χ2v) is 3.58. The molecule has 1 aromatic carbocycles. The highest BCUT2D eigenvalue weighted by Gasteiger charge is 2.29. The number of nitrogens with two attached hydrogens (primary N) is 1. The van der Waals surface area contributed by atoms with Crippen LogP contribution in [0.3, 0.4) is 0 Å². The van der Waals surface area contributed by atoms with E-state index in [4.69, 9.17) is 21.5 Å². The number of hydrogen-bond acceptors (Lipinski definition) is 5. The molecule has 5 nitrogen and oxygen atoms in total. The zero-order chi connectivity index (χ0) is 11.5. The second kappa shape index (κ2) is 4.08. The summed E-state index contributed by atoms with van der Waals surface area (Å²) in [7, 11) is 0. The van der Waals surface area contributed by atoms with Gasteiger partial charge in [-0.2, -0.15) is 0 Å². The molecule has 1 heterocycles. The first-order valence-corrected chi connectivity index (χ1v) is 4.47. The first-order valence-electron chi connectivity index (χ1n) is 4.47. The van der Waals surface area contributed by atoms with Crippen molar-refractivity contribution < 1.29 is 4.74 Å². The molecule has 4 N–H and O–H groups in total. The summed E-state index contributed by atoms with van der Waals surface area (Å²) in [5.74, 6) is 1.31. The van der Waals surface area contributed by atoms with E-state index in [1.165, 1.54) is 0 Å². The van der Waals surface area contributed by atoms with Crippen LogP contribution in [0.2, 0.25) is 0 Å². The molecule has 2 rings (SSSR count). The van der Waals surface area contributed by atoms with Crippen molar-refractivity contribution in [3.63, 3.8) is 0 Å². The fraction of sp³-hybridized carbons (Fsp3) is 0.300. The van der Waals surface area contributed by atoms with Crippen LogP contribution in [0.15, 0.2) is 29.3 Å². The van der Waals surface area contributed by atoms with E-state index in [1.54, 1.807) is 0 Å². The maximum Gasteiger partial charge on any atom is 0.160 e. The summed E-state index contributed by atoms with van der Waals surface area (Å²) in [4.78, 5) is 4.27. The van der Waals surface area contributed by atoms with Crippen LogP contribution >= 0.6 is 0 Å². The Balaban J connectivity index is 0.000000531. The van der Waals surface area contributed by atoms with Crippen molar-refractivity contribution in [2.75, 3.05) is 0 Å². The normalized spacial score (nSPS) is 16.3. The number of nitrogens with zero attached hydrogens (tertiary/aromatic N) is 1. The Hall–Kier alpha value is -1.91. The van der Waals surface area contributed by atoms with Crippen molar-refractivity contribution >= 4 is 11.5 Å². The largest absolute Gasteiger partial charge is 0.478 e. The Morgan fingerprint density at radius 1 is 1.27 bits per heavy atom. The topological polar surface area (TPSA) is 95.3 Å². The minimum atomic E-state index is -0.492. The van der Waals surface area contributed by atoms with Crippen LogP contribution in [-0.2, 0) is 0 Å². The fourth-order valence-electron chi connectivity index (χ4n) is 1.23. The molecule has 80 valence electrons. The minimum absolute atomic E-state index is 0.492. The van der Waals surface area contributed by atoms with Gasteiger partial charge in [-0.25, -0.2) is 16.1 Å². The summed E-state index contributed by atoms with van der Waals surface area (Å²) in [5.41, 5.74) is 16.1. The predicted molar refractivity (Wildman–Crippen MR) is 57.9 cm³/mol. The van der Waals surface area contributed by atoms with Crippen molar-refractivity contribution in [1.29, 1.82) is 11.1 Å². The van der Waals surface area contributed by atoms with E-state index in [0.717, 1.165) is 11.4 Å². The summed E-state index contributed by atoms with van der Waals surface area (Å²) < 4.78 is 5.68. The maximum atomic E-state index is 5.75. The van der Waals surface area contributed by atoms with Gasteiger partial charge in [-0.15, -0.1) is 0 Å². The van der Waals surface area contributed by atoms with E-state index in [9.17, 15) is 0 Å². The highest BCUT2D eigenvalue weighted by molar-refractivity contribution is 5.92. The van der Waals surface area contributed by atoms with Crippen molar-refractivity contribution in [3.8, 4) is 5.75 Å².